The van der Waals surface area contributed by atoms with Crippen molar-refractivity contribution < 1.29 is 24.1 Å². The monoisotopic (exact) mass is 315 g/mol. The van der Waals surface area contributed by atoms with E-state index >= 15 is 0 Å². The van der Waals surface area contributed by atoms with Gasteiger partial charge in [0.1, 0.15) is 22.8 Å². The fourth-order valence-corrected chi connectivity index (χ4v) is 2.02. The van der Waals surface area contributed by atoms with E-state index in [1.165, 1.54) is 20.3 Å². The van der Waals surface area contributed by atoms with E-state index in [9.17, 15) is 9.90 Å². The van der Waals surface area contributed by atoms with Crippen molar-refractivity contribution in [3.8, 4) is 17.2 Å². The molecule has 0 unspecified atom stereocenters. The van der Waals surface area contributed by atoms with Crippen LogP contribution in [-0.4, -0.2) is 37.4 Å². The minimum atomic E-state index is -0.636. The Bertz CT molecular complexity index is 740. The van der Waals surface area contributed by atoms with Crippen molar-refractivity contribution in [2.24, 2.45) is 0 Å². The lowest BCUT2D eigenvalue weighted by Gasteiger charge is -2.09. The molecule has 2 rings (SSSR count). The van der Waals surface area contributed by atoms with Gasteiger partial charge >= 0.3 is 5.97 Å². The second-order valence-electron chi connectivity index (χ2n) is 4.56. The summed E-state index contributed by atoms with van der Waals surface area (Å²) >= 11 is 0. The van der Waals surface area contributed by atoms with Gasteiger partial charge in [0.25, 0.3) is 0 Å². The second-order valence-corrected chi connectivity index (χ2v) is 4.56. The first-order valence-electron chi connectivity index (χ1n) is 6.76. The van der Waals surface area contributed by atoms with E-state index in [1.54, 1.807) is 43.7 Å². The van der Waals surface area contributed by atoms with Gasteiger partial charge in [0.05, 0.1) is 27.0 Å². The fraction of sp³-hybridized carbons (Fsp3) is 0.176. The van der Waals surface area contributed by atoms with Crippen LogP contribution in [0.1, 0.15) is 21.6 Å². The molecule has 1 N–H and O–H groups in total. The first kappa shape index (κ1) is 16.4. The molecule has 0 aliphatic heterocycles. The summed E-state index contributed by atoms with van der Waals surface area (Å²) in [7, 11) is 4.30. The average molecular weight is 315 g/mol. The van der Waals surface area contributed by atoms with Gasteiger partial charge in [-0.1, -0.05) is 6.08 Å². The molecule has 0 spiro atoms. The fourth-order valence-electron chi connectivity index (χ4n) is 2.02. The molecule has 1 aromatic heterocycles. The number of phenolic OH excluding ortho intramolecular Hbond substituents is 1. The van der Waals surface area contributed by atoms with Gasteiger partial charge in [0.2, 0.25) is 0 Å². The number of methoxy groups -OCH3 is 3. The Morgan fingerprint density at radius 1 is 1.09 bits per heavy atom. The molecular weight excluding hydrogens is 298 g/mol. The van der Waals surface area contributed by atoms with Crippen LogP contribution in [0.5, 0.6) is 17.2 Å². The zero-order chi connectivity index (χ0) is 16.8. The highest BCUT2D eigenvalue weighted by atomic mass is 16.5. The lowest BCUT2D eigenvalue weighted by Crippen LogP contribution is -2.04. The summed E-state index contributed by atoms with van der Waals surface area (Å²) in [6.07, 6.45) is 4.96. The molecule has 0 aliphatic rings. The molecule has 6 heteroatoms. The quantitative estimate of drug-likeness (QED) is 0.855. The number of hydrogen-bond donors (Lipinski definition) is 1. The Balaban J connectivity index is 2.46. The summed E-state index contributed by atoms with van der Waals surface area (Å²) in [4.78, 5) is 16.1. The highest BCUT2D eigenvalue weighted by molar-refractivity contribution is 5.97. The van der Waals surface area contributed by atoms with Gasteiger partial charge < -0.3 is 19.3 Å². The van der Waals surface area contributed by atoms with Crippen LogP contribution in [-0.2, 0) is 4.74 Å². The van der Waals surface area contributed by atoms with Crippen molar-refractivity contribution in [1.29, 1.82) is 0 Å². The van der Waals surface area contributed by atoms with Crippen molar-refractivity contribution in [3.05, 3.63) is 47.3 Å². The third-order valence-corrected chi connectivity index (χ3v) is 3.17. The zero-order valence-corrected chi connectivity index (χ0v) is 13.1. The minimum absolute atomic E-state index is 0.0625. The van der Waals surface area contributed by atoms with Crippen LogP contribution in [0.25, 0.3) is 12.2 Å². The number of carbonyl (C=O) groups excluding carboxylic acids is 1. The highest BCUT2D eigenvalue weighted by Crippen LogP contribution is 2.30. The summed E-state index contributed by atoms with van der Waals surface area (Å²) in [5.41, 5.74) is 1.16. The van der Waals surface area contributed by atoms with Crippen molar-refractivity contribution in [3.63, 3.8) is 0 Å². The SMILES string of the molecule is COC(=O)c1c(O)cc(OC)cc1C=Cc1cc(OC)ccn1. The van der Waals surface area contributed by atoms with E-state index in [0.717, 1.165) is 0 Å². The summed E-state index contributed by atoms with van der Waals surface area (Å²) in [5.74, 6) is 0.243. The van der Waals surface area contributed by atoms with Gasteiger partial charge in [-0.05, 0) is 23.8 Å². The molecule has 0 amide bonds. The smallest absolute Gasteiger partial charge is 0.342 e. The number of carbonyl (C=O) groups is 1. The Morgan fingerprint density at radius 2 is 1.83 bits per heavy atom. The number of hydrogen-bond acceptors (Lipinski definition) is 6. The standard InChI is InChI=1S/C17H17NO5/c1-21-13-6-7-18-12(9-13)5-4-11-8-14(22-2)10-15(19)16(11)17(20)23-3/h4-10,19H,1-3H3. The van der Waals surface area contributed by atoms with E-state index in [4.69, 9.17) is 14.2 Å². The lowest BCUT2D eigenvalue weighted by molar-refractivity contribution is 0.0597. The number of nitrogens with zero attached hydrogens (tertiary/aromatic N) is 1. The van der Waals surface area contributed by atoms with Gasteiger partial charge in [-0.25, -0.2) is 4.79 Å². The lowest BCUT2D eigenvalue weighted by atomic mass is 10.0. The predicted molar refractivity (Wildman–Crippen MR) is 85.7 cm³/mol. The molecule has 0 fully saturated rings. The van der Waals surface area contributed by atoms with Crippen LogP contribution in [0.3, 0.4) is 0 Å². The Kier molecular flexibility index (Phi) is 5.19. The minimum Gasteiger partial charge on any atom is -0.507 e. The van der Waals surface area contributed by atoms with Crippen molar-refractivity contribution in [1.82, 2.24) is 4.98 Å². The maximum Gasteiger partial charge on any atom is 0.342 e. The van der Waals surface area contributed by atoms with Crippen molar-refractivity contribution in [2.45, 2.75) is 0 Å². The first-order valence-corrected chi connectivity index (χ1v) is 6.76. The maximum atomic E-state index is 11.9. The number of pyridine rings is 1. The molecule has 0 saturated heterocycles. The molecule has 0 atom stereocenters. The number of aromatic nitrogens is 1. The third-order valence-electron chi connectivity index (χ3n) is 3.17. The van der Waals surface area contributed by atoms with E-state index in [2.05, 4.69) is 4.98 Å². The topological polar surface area (TPSA) is 77.9 Å². The van der Waals surface area contributed by atoms with E-state index in [-0.39, 0.29) is 11.3 Å². The second kappa shape index (κ2) is 7.31. The Labute approximate surface area is 134 Å². The largest absolute Gasteiger partial charge is 0.507 e. The van der Waals surface area contributed by atoms with E-state index in [0.29, 0.717) is 22.8 Å². The molecule has 23 heavy (non-hydrogen) atoms. The maximum absolute atomic E-state index is 11.9. The number of benzene rings is 1. The van der Waals surface area contributed by atoms with Gasteiger partial charge in [0, 0.05) is 18.3 Å². The number of phenols is 1. The van der Waals surface area contributed by atoms with Gasteiger partial charge in [-0.15, -0.1) is 0 Å². The zero-order valence-electron chi connectivity index (χ0n) is 13.1. The van der Waals surface area contributed by atoms with Crippen LogP contribution < -0.4 is 9.47 Å². The molecule has 0 saturated carbocycles. The molecule has 0 bridgehead atoms. The summed E-state index contributed by atoms with van der Waals surface area (Å²) < 4.78 is 15.0. The van der Waals surface area contributed by atoms with E-state index in [1.807, 2.05) is 0 Å². The third kappa shape index (κ3) is 3.79. The molecule has 2 aromatic rings. The highest BCUT2D eigenvalue weighted by Gasteiger charge is 2.17. The molecule has 120 valence electrons. The molecule has 0 radical (unpaired) electrons. The first-order chi connectivity index (χ1) is 11.1. The van der Waals surface area contributed by atoms with Gasteiger partial charge in [-0.2, -0.15) is 0 Å². The molecule has 0 aliphatic carbocycles. The Hall–Kier alpha value is -3.02. The summed E-state index contributed by atoms with van der Waals surface area (Å²) in [6, 6.07) is 6.46. The van der Waals surface area contributed by atoms with Crippen LogP contribution in [0.2, 0.25) is 0 Å². The number of aromatic hydroxyl groups is 1. The molecule has 1 aromatic carbocycles. The molecule has 6 nitrogen and oxygen atoms in total. The average Bonchev–Trinajstić information content (AvgIpc) is 2.58. The van der Waals surface area contributed by atoms with Gasteiger partial charge in [-0.3, -0.25) is 4.98 Å². The van der Waals surface area contributed by atoms with Crippen LogP contribution in [0.15, 0.2) is 30.5 Å². The van der Waals surface area contributed by atoms with Gasteiger partial charge in [0.15, 0.2) is 0 Å². The summed E-state index contributed by atoms with van der Waals surface area (Å²) in [5, 5.41) is 10.0. The van der Waals surface area contributed by atoms with Crippen LogP contribution >= 0.6 is 0 Å². The normalized spacial score (nSPS) is 10.6. The predicted octanol–water partition coefficient (Wildman–Crippen LogP) is 2.76. The Morgan fingerprint density at radius 3 is 2.48 bits per heavy atom. The number of esters is 1. The van der Waals surface area contributed by atoms with Crippen LogP contribution in [0.4, 0.5) is 0 Å². The summed E-state index contributed by atoms with van der Waals surface area (Å²) in [6.45, 7) is 0. The van der Waals surface area contributed by atoms with Crippen LogP contribution in [0, 0.1) is 0 Å². The number of rotatable bonds is 5. The van der Waals surface area contributed by atoms with E-state index < -0.39 is 5.97 Å². The number of ether oxygens (including phenoxy) is 3. The van der Waals surface area contributed by atoms with Crippen molar-refractivity contribution in [2.75, 3.05) is 21.3 Å². The molecule has 1 heterocycles. The molecular formula is C17H17NO5. The van der Waals surface area contributed by atoms with Crippen molar-refractivity contribution >= 4 is 18.1 Å².